The van der Waals surface area contributed by atoms with Crippen LogP contribution in [0, 0.1) is 5.82 Å². The maximum Gasteiger partial charge on any atom is 0.419 e. The monoisotopic (exact) mass is 304 g/mol. The van der Waals surface area contributed by atoms with E-state index in [2.05, 4.69) is 4.98 Å². The lowest BCUT2D eigenvalue weighted by Crippen LogP contribution is -2.10. The summed E-state index contributed by atoms with van der Waals surface area (Å²) in [6, 6.07) is 2.09. The quantitative estimate of drug-likeness (QED) is 0.699. The Hall–Kier alpha value is -1.96. The zero-order chi connectivity index (χ0) is 14.9. The van der Waals surface area contributed by atoms with Gasteiger partial charge >= 0.3 is 6.18 Å². The maximum atomic E-state index is 13.3. The van der Waals surface area contributed by atoms with E-state index in [1.807, 2.05) is 0 Å². The molecule has 0 atom stereocenters. The van der Waals surface area contributed by atoms with Crippen LogP contribution < -0.4 is 5.73 Å². The fourth-order valence-electron chi connectivity index (χ4n) is 1.59. The molecule has 106 valence electrons. The van der Waals surface area contributed by atoms with Crippen LogP contribution in [-0.4, -0.2) is 10.8 Å². The lowest BCUT2D eigenvalue weighted by Gasteiger charge is -2.08. The van der Waals surface area contributed by atoms with Gasteiger partial charge in [0.1, 0.15) is 5.82 Å². The highest BCUT2D eigenvalue weighted by Crippen LogP contribution is 2.31. The predicted molar refractivity (Wildman–Crippen MR) is 66.0 cm³/mol. The summed E-state index contributed by atoms with van der Waals surface area (Å²) < 4.78 is 50.5. The van der Waals surface area contributed by atoms with Gasteiger partial charge in [-0.25, -0.2) is 9.37 Å². The van der Waals surface area contributed by atoms with Gasteiger partial charge in [-0.2, -0.15) is 13.2 Å². The summed E-state index contributed by atoms with van der Waals surface area (Å²) in [7, 11) is 0. The second kappa shape index (κ2) is 5.20. The zero-order valence-corrected chi connectivity index (χ0v) is 10.7. The number of nitrogen functional groups attached to an aromatic ring is 1. The van der Waals surface area contributed by atoms with Gasteiger partial charge in [-0.1, -0.05) is 6.07 Å². The van der Waals surface area contributed by atoms with Gasteiger partial charge in [0.05, 0.1) is 17.7 Å². The number of halogens is 4. The Bertz CT molecular complexity index is 651. The Morgan fingerprint density at radius 1 is 1.35 bits per heavy atom. The van der Waals surface area contributed by atoms with E-state index >= 15 is 0 Å². The first-order chi connectivity index (χ1) is 9.27. The number of anilines is 1. The molecule has 0 spiro atoms. The molecule has 1 heterocycles. The molecule has 2 aromatic rings. The summed E-state index contributed by atoms with van der Waals surface area (Å²) in [6.45, 7) is 0. The third kappa shape index (κ3) is 3.13. The van der Waals surface area contributed by atoms with E-state index < -0.39 is 23.3 Å². The summed E-state index contributed by atoms with van der Waals surface area (Å²) in [4.78, 5) is 15.7. The molecule has 2 N–H and O–H groups in total. The van der Waals surface area contributed by atoms with Gasteiger partial charge in [-0.05, 0) is 12.1 Å². The van der Waals surface area contributed by atoms with E-state index in [0.29, 0.717) is 17.8 Å². The Labute approximate surface area is 115 Å². The minimum atomic E-state index is -4.78. The van der Waals surface area contributed by atoms with Gasteiger partial charge in [0.2, 0.25) is 0 Å². The number of ketones is 1. The molecular weight excluding hydrogens is 296 g/mol. The van der Waals surface area contributed by atoms with Crippen LogP contribution in [0.5, 0.6) is 0 Å². The number of thiazole rings is 1. The number of aromatic nitrogens is 1. The first-order valence-electron chi connectivity index (χ1n) is 5.37. The van der Waals surface area contributed by atoms with E-state index in [4.69, 9.17) is 5.73 Å². The van der Waals surface area contributed by atoms with Crippen LogP contribution >= 0.6 is 11.3 Å². The number of nitrogens with two attached hydrogens (primary N) is 1. The van der Waals surface area contributed by atoms with Crippen LogP contribution in [0.2, 0.25) is 0 Å². The van der Waals surface area contributed by atoms with Crippen LogP contribution in [-0.2, 0) is 12.6 Å². The lowest BCUT2D eigenvalue weighted by molar-refractivity contribution is -0.140. The number of rotatable bonds is 3. The molecule has 0 saturated carbocycles. The molecule has 0 aliphatic carbocycles. The molecular formula is C12H8F4N2OS. The SMILES string of the molecule is Nc1nc(CC(=O)c2ccc(C(F)(F)F)c(F)c2)cs1. The van der Waals surface area contributed by atoms with Crippen molar-refractivity contribution in [3.63, 3.8) is 0 Å². The third-order valence-corrected chi connectivity index (χ3v) is 3.23. The smallest absolute Gasteiger partial charge is 0.375 e. The summed E-state index contributed by atoms with van der Waals surface area (Å²) in [5.41, 5.74) is 4.26. The van der Waals surface area contributed by atoms with Gasteiger partial charge < -0.3 is 5.73 Å². The molecule has 20 heavy (non-hydrogen) atoms. The highest BCUT2D eigenvalue weighted by molar-refractivity contribution is 7.13. The number of nitrogens with zero attached hydrogens (tertiary/aromatic N) is 1. The van der Waals surface area contributed by atoms with E-state index in [1.54, 1.807) is 5.38 Å². The van der Waals surface area contributed by atoms with Crippen molar-refractivity contribution in [3.05, 3.63) is 46.2 Å². The maximum absolute atomic E-state index is 13.3. The van der Waals surface area contributed by atoms with Gasteiger partial charge in [0.25, 0.3) is 0 Å². The van der Waals surface area contributed by atoms with Crippen molar-refractivity contribution in [2.45, 2.75) is 12.6 Å². The second-order valence-electron chi connectivity index (χ2n) is 3.97. The number of hydrogen-bond donors (Lipinski definition) is 1. The Morgan fingerprint density at radius 2 is 2.05 bits per heavy atom. The van der Waals surface area contributed by atoms with E-state index in [9.17, 15) is 22.4 Å². The second-order valence-corrected chi connectivity index (χ2v) is 4.86. The summed E-state index contributed by atoms with van der Waals surface area (Å²) in [5, 5.41) is 1.85. The molecule has 2 rings (SSSR count). The summed E-state index contributed by atoms with van der Waals surface area (Å²) >= 11 is 1.14. The standard InChI is InChI=1S/C12H8F4N2OS/c13-9-3-6(1-2-8(9)12(14,15)16)10(19)4-7-5-20-11(17)18-7/h1-3,5H,4H2,(H2,17,18). The molecule has 0 fully saturated rings. The number of alkyl halides is 3. The first-order valence-corrected chi connectivity index (χ1v) is 6.25. The van der Waals surface area contributed by atoms with E-state index in [-0.39, 0.29) is 17.1 Å². The molecule has 0 amide bonds. The predicted octanol–water partition coefficient (Wildman–Crippen LogP) is 3.31. The third-order valence-electron chi connectivity index (χ3n) is 2.51. The molecule has 0 aliphatic rings. The van der Waals surface area contributed by atoms with Crippen LogP contribution in [0.3, 0.4) is 0 Å². The molecule has 0 radical (unpaired) electrons. The normalized spacial score (nSPS) is 11.6. The van der Waals surface area contributed by atoms with Gasteiger partial charge in [-0.3, -0.25) is 4.79 Å². The Morgan fingerprint density at radius 3 is 2.55 bits per heavy atom. The minimum Gasteiger partial charge on any atom is -0.375 e. The molecule has 0 aliphatic heterocycles. The van der Waals surface area contributed by atoms with Crippen LogP contribution in [0.4, 0.5) is 22.7 Å². The Balaban J connectivity index is 2.21. The van der Waals surface area contributed by atoms with Gasteiger partial charge in [0.15, 0.2) is 10.9 Å². The average molecular weight is 304 g/mol. The fourth-order valence-corrected chi connectivity index (χ4v) is 2.15. The molecule has 0 unspecified atom stereocenters. The molecule has 8 heteroatoms. The first kappa shape index (κ1) is 14.4. The van der Waals surface area contributed by atoms with Crippen molar-refractivity contribution in [1.82, 2.24) is 4.98 Å². The van der Waals surface area contributed by atoms with E-state index in [0.717, 1.165) is 17.4 Å². The number of benzene rings is 1. The van der Waals surface area contributed by atoms with Crippen LogP contribution in [0.15, 0.2) is 23.6 Å². The summed E-state index contributed by atoms with van der Waals surface area (Å²) in [6.07, 6.45) is -4.92. The zero-order valence-electron chi connectivity index (χ0n) is 9.87. The minimum absolute atomic E-state index is 0.137. The van der Waals surface area contributed by atoms with E-state index in [1.165, 1.54) is 0 Å². The van der Waals surface area contributed by atoms with Crippen molar-refractivity contribution in [2.75, 3.05) is 5.73 Å². The number of Topliss-reactive ketones (excluding diaryl/α,β-unsaturated/α-hetero) is 1. The number of carbonyl (C=O) groups excluding carboxylic acids is 1. The van der Waals surface area contributed by atoms with Crippen molar-refractivity contribution in [2.24, 2.45) is 0 Å². The number of hydrogen-bond acceptors (Lipinski definition) is 4. The molecule has 0 bridgehead atoms. The highest BCUT2D eigenvalue weighted by atomic mass is 32.1. The molecule has 1 aromatic heterocycles. The molecule has 3 nitrogen and oxygen atoms in total. The largest absolute Gasteiger partial charge is 0.419 e. The van der Waals surface area contributed by atoms with Crippen molar-refractivity contribution < 1.29 is 22.4 Å². The van der Waals surface area contributed by atoms with Crippen molar-refractivity contribution in [1.29, 1.82) is 0 Å². The van der Waals surface area contributed by atoms with Crippen molar-refractivity contribution in [3.8, 4) is 0 Å². The lowest BCUT2D eigenvalue weighted by atomic mass is 10.0. The van der Waals surface area contributed by atoms with Crippen molar-refractivity contribution >= 4 is 22.3 Å². The molecule has 0 saturated heterocycles. The fraction of sp³-hybridized carbons (Fsp3) is 0.167. The van der Waals surface area contributed by atoms with Gasteiger partial charge in [-0.15, -0.1) is 11.3 Å². The summed E-state index contributed by atoms with van der Waals surface area (Å²) in [5.74, 6) is -2.00. The number of carbonyl (C=O) groups is 1. The van der Waals surface area contributed by atoms with Gasteiger partial charge in [0, 0.05) is 10.9 Å². The molecule has 1 aromatic carbocycles. The average Bonchev–Trinajstić information content (AvgIpc) is 2.73. The van der Waals surface area contributed by atoms with Crippen LogP contribution in [0.1, 0.15) is 21.6 Å². The van der Waals surface area contributed by atoms with Crippen LogP contribution in [0.25, 0.3) is 0 Å². The Kier molecular flexibility index (Phi) is 3.76. The topological polar surface area (TPSA) is 56.0 Å². The highest BCUT2D eigenvalue weighted by Gasteiger charge is 2.34.